The SMILES string of the molecule is CNC(Cc1nc2ccccc2o1)c1cc(Br)ccc1Cl. The largest absolute Gasteiger partial charge is 0.441 e. The van der Waals surface area contributed by atoms with Crippen LogP contribution in [0.15, 0.2) is 51.4 Å². The summed E-state index contributed by atoms with van der Waals surface area (Å²) in [7, 11) is 1.91. The number of hydrogen-bond acceptors (Lipinski definition) is 3. The number of halogens is 2. The van der Waals surface area contributed by atoms with Gasteiger partial charge in [0, 0.05) is 22.0 Å². The molecule has 3 aromatic rings. The Morgan fingerprint density at radius 1 is 1.29 bits per heavy atom. The van der Waals surface area contributed by atoms with Crippen molar-refractivity contribution in [1.82, 2.24) is 10.3 Å². The monoisotopic (exact) mass is 364 g/mol. The maximum Gasteiger partial charge on any atom is 0.197 e. The van der Waals surface area contributed by atoms with Crippen LogP contribution in [-0.4, -0.2) is 12.0 Å². The second-order valence-corrected chi connectivity index (χ2v) is 6.11. The summed E-state index contributed by atoms with van der Waals surface area (Å²) >= 11 is 9.78. The Kier molecular flexibility index (Phi) is 4.29. The van der Waals surface area contributed by atoms with Crippen molar-refractivity contribution in [1.29, 1.82) is 0 Å². The van der Waals surface area contributed by atoms with Crippen LogP contribution in [0.5, 0.6) is 0 Å². The van der Waals surface area contributed by atoms with Crippen molar-refractivity contribution >= 4 is 38.6 Å². The fourth-order valence-corrected chi connectivity index (χ4v) is 2.96. The van der Waals surface area contributed by atoms with Gasteiger partial charge in [-0.3, -0.25) is 0 Å². The van der Waals surface area contributed by atoms with E-state index in [2.05, 4.69) is 26.2 Å². The summed E-state index contributed by atoms with van der Waals surface area (Å²) in [5.74, 6) is 0.701. The van der Waals surface area contributed by atoms with E-state index in [4.69, 9.17) is 16.0 Å². The molecule has 1 aromatic heterocycles. The highest BCUT2D eigenvalue weighted by Crippen LogP contribution is 2.29. The second kappa shape index (κ2) is 6.18. The van der Waals surface area contributed by atoms with Crippen molar-refractivity contribution in [2.45, 2.75) is 12.5 Å². The first-order chi connectivity index (χ1) is 10.2. The first-order valence-electron chi connectivity index (χ1n) is 6.64. The highest BCUT2D eigenvalue weighted by Gasteiger charge is 2.17. The van der Waals surface area contributed by atoms with Crippen molar-refractivity contribution in [3.63, 3.8) is 0 Å². The third-order valence-corrected chi connectivity index (χ3v) is 4.24. The molecule has 1 atom stereocenters. The van der Waals surface area contributed by atoms with E-state index in [1.165, 1.54) is 0 Å². The van der Waals surface area contributed by atoms with Gasteiger partial charge in [-0.25, -0.2) is 4.98 Å². The molecule has 0 saturated heterocycles. The summed E-state index contributed by atoms with van der Waals surface area (Å²) in [5.41, 5.74) is 2.71. The molecule has 5 heteroatoms. The topological polar surface area (TPSA) is 38.1 Å². The van der Waals surface area contributed by atoms with E-state index < -0.39 is 0 Å². The van der Waals surface area contributed by atoms with Gasteiger partial charge in [-0.2, -0.15) is 0 Å². The van der Waals surface area contributed by atoms with E-state index in [0.29, 0.717) is 12.3 Å². The van der Waals surface area contributed by atoms with E-state index in [-0.39, 0.29) is 6.04 Å². The minimum absolute atomic E-state index is 0.0445. The van der Waals surface area contributed by atoms with Gasteiger partial charge in [-0.05, 0) is 42.9 Å². The van der Waals surface area contributed by atoms with Crippen LogP contribution >= 0.6 is 27.5 Å². The van der Waals surface area contributed by atoms with Crippen LogP contribution in [0.3, 0.4) is 0 Å². The number of nitrogens with one attached hydrogen (secondary N) is 1. The fraction of sp³-hybridized carbons (Fsp3) is 0.188. The first-order valence-corrected chi connectivity index (χ1v) is 7.81. The molecule has 3 rings (SSSR count). The maximum atomic E-state index is 6.30. The molecule has 2 aromatic carbocycles. The van der Waals surface area contributed by atoms with Gasteiger partial charge in [0.15, 0.2) is 11.5 Å². The Bertz CT molecular complexity index is 739. The molecule has 1 heterocycles. The number of likely N-dealkylation sites (N-methyl/N-ethyl adjacent to an activating group) is 1. The minimum Gasteiger partial charge on any atom is -0.441 e. The highest BCUT2D eigenvalue weighted by atomic mass is 79.9. The van der Waals surface area contributed by atoms with Crippen LogP contribution in [0.4, 0.5) is 0 Å². The lowest BCUT2D eigenvalue weighted by Gasteiger charge is -2.16. The van der Waals surface area contributed by atoms with Crippen LogP contribution in [0.25, 0.3) is 11.1 Å². The lowest BCUT2D eigenvalue weighted by atomic mass is 10.0. The van der Waals surface area contributed by atoms with Gasteiger partial charge in [0.1, 0.15) is 5.52 Å². The smallest absolute Gasteiger partial charge is 0.197 e. The van der Waals surface area contributed by atoms with E-state index in [9.17, 15) is 0 Å². The Labute approximate surface area is 136 Å². The molecule has 0 aliphatic heterocycles. The quantitative estimate of drug-likeness (QED) is 0.725. The van der Waals surface area contributed by atoms with Crippen LogP contribution in [0.1, 0.15) is 17.5 Å². The molecule has 0 aliphatic carbocycles. The van der Waals surface area contributed by atoms with Crippen molar-refractivity contribution in [3.05, 3.63) is 63.4 Å². The average molecular weight is 366 g/mol. The van der Waals surface area contributed by atoms with Crippen LogP contribution < -0.4 is 5.32 Å². The standard InChI is InChI=1S/C16H14BrClN2O/c1-19-14(11-8-10(17)6-7-12(11)18)9-16-20-13-4-2-3-5-15(13)21-16/h2-8,14,19H,9H2,1H3. The van der Waals surface area contributed by atoms with Gasteiger partial charge in [0.05, 0.1) is 0 Å². The molecule has 3 nitrogen and oxygen atoms in total. The van der Waals surface area contributed by atoms with Crippen LogP contribution in [-0.2, 0) is 6.42 Å². The summed E-state index contributed by atoms with van der Waals surface area (Å²) in [5, 5.41) is 4.00. The molecule has 0 saturated carbocycles. The van der Waals surface area contributed by atoms with Gasteiger partial charge in [-0.1, -0.05) is 39.7 Å². The van der Waals surface area contributed by atoms with E-state index in [1.807, 2.05) is 49.5 Å². The second-order valence-electron chi connectivity index (χ2n) is 4.79. The van der Waals surface area contributed by atoms with Crippen molar-refractivity contribution in [2.24, 2.45) is 0 Å². The molecule has 108 valence electrons. The zero-order valence-electron chi connectivity index (χ0n) is 11.4. The molecule has 21 heavy (non-hydrogen) atoms. The first kappa shape index (κ1) is 14.6. The third kappa shape index (κ3) is 3.12. The van der Waals surface area contributed by atoms with Crippen LogP contribution in [0.2, 0.25) is 5.02 Å². The molecular weight excluding hydrogens is 352 g/mol. The number of aromatic nitrogens is 1. The number of para-hydroxylation sites is 2. The number of rotatable bonds is 4. The number of nitrogens with zero attached hydrogens (tertiary/aromatic N) is 1. The Morgan fingerprint density at radius 3 is 2.86 bits per heavy atom. The summed E-state index contributed by atoms with van der Waals surface area (Å²) < 4.78 is 6.79. The third-order valence-electron chi connectivity index (χ3n) is 3.40. The number of oxazole rings is 1. The van der Waals surface area contributed by atoms with E-state index >= 15 is 0 Å². The van der Waals surface area contributed by atoms with Crippen molar-refractivity contribution in [3.8, 4) is 0 Å². The Hall–Kier alpha value is -1.36. The molecule has 0 bridgehead atoms. The van der Waals surface area contributed by atoms with Gasteiger partial charge in [0.2, 0.25) is 0 Å². The predicted molar refractivity (Wildman–Crippen MR) is 88.7 cm³/mol. The zero-order chi connectivity index (χ0) is 14.8. The highest BCUT2D eigenvalue weighted by molar-refractivity contribution is 9.10. The molecule has 0 amide bonds. The molecule has 0 radical (unpaired) electrons. The molecule has 0 spiro atoms. The van der Waals surface area contributed by atoms with Crippen molar-refractivity contribution < 1.29 is 4.42 Å². The van der Waals surface area contributed by atoms with Crippen molar-refractivity contribution in [2.75, 3.05) is 7.05 Å². The Balaban J connectivity index is 1.91. The lowest BCUT2D eigenvalue weighted by Crippen LogP contribution is -2.19. The number of benzene rings is 2. The summed E-state index contributed by atoms with van der Waals surface area (Å²) in [4.78, 5) is 4.52. The Morgan fingerprint density at radius 2 is 2.10 bits per heavy atom. The molecule has 0 aliphatic rings. The summed E-state index contributed by atoms with van der Waals surface area (Å²) in [6.45, 7) is 0. The summed E-state index contributed by atoms with van der Waals surface area (Å²) in [6, 6.07) is 13.6. The zero-order valence-corrected chi connectivity index (χ0v) is 13.8. The van der Waals surface area contributed by atoms with Gasteiger partial charge >= 0.3 is 0 Å². The number of hydrogen-bond donors (Lipinski definition) is 1. The number of fused-ring (bicyclic) bond motifs is 1. The van der Waals surface area contributed by atoms with Gasteiger partial charge in [-0.15, -0.1) is 0 Å². The average Bonchev–Trinajstić information content (AvgIpc) is 2.90. The van der Waals surface area contributed by atoms with E-state index in [0.717, 1.165) is 26.2 Å². The van der Waals surface area contributed by atoms with Crippen LogP contribution in [0, 0.1) is 0 Å². The van der Waals surface area contributed by atoms with Gasteiger partial charge in [0.25, 0.3) is 0 Å². The van der Waals surface area contributed by atoms with E-state index in [1.54, 1.807) is 0 Å². The molecular formula is C16H14BrClN2O. The lowest BCUT2D eigenvalue weighted by molar-refractivity contribution is 0.474. The molecule has 1 unspecified atom stereocenters. The fourth-order valence-electron chi connectivity index (χ4n) is 2.33. The molecule has 0 fully saturated rings. The molecule has 1 N–H and O–H groups in total. The summed E-state index contributed by atoms with van der Waals surface area (Å²) in [6.07, 6.45) is 0.640. The van der Waals surface area contributed by atoms with Gasteiger partial charge < -0.3 is 9.73 Å². The normalized spacial score (nSPS) is 12.7. The minimum atomic E-state index is 0.0445. The maximum absolute atomic E-state index is 6.30. The predicted octanol–water partition coefficient (Wildman–Crippen LogP) is 4.75.